The Morgan fingerprint density at radius 2 is 1.82 bits per heavy atom. The lowest BCUT2D eigenvalue weighted by Crippen LogP contribution is -2.15. The standard InChI is InChI=1S/C23H19ClN2O5S2/c1-14-3-6-16(22(27)31-2)11-19(14)25-33(29,30)18-9-10-20-21(12-18)32-23(28)26(20)13-15-4-7-17(24)8-5-15/h3-12,25H,13H2,1-2H3. The summed E-state index contributed by atoms with van der Waals surface area (Å²) in [7, 11) is -2.71. The molecule has 3 aromatic carbocycles. The van der Waals surface area contributed by atoms with Gasteiger partial charge in [0.25, 0.3) is 10.0 Å². The number of carbonyl (C=O) groups excluding carboxylic acids is 1. The zero-order valence-electron chi connectivity index (χ0n) is 17.7. The normalized spacial score (nSPS) is 11.5. The molecule has 33 heavy (non-hydrogen) atoms. The smallest absolute Gasteiger partial charge is 0.337 e. The van der Waals surface area contributed by atoms with E-state index in [0.29, 0.717) is 27.3 Å². The lowest BCUT2D eigenvalue weighted by Gasteiger charge is -2.12. The first-order valence-electron chi connectivity index (χ1n) is 9.77. The Morgan fingerprint density at radius 1 is 1.09 bits per heavy atom. The van der Waals surface area contributed by atoms with Crippen LogP contribution >= 0.6 is 22.9 Å². The molecule has 0 aliphatic carbocycles. The minimum Gasteiger partial charge on any atom is -0.465 e. The average molecular weight is 503 g/mol. The van der Waals surface area contributed by atoms with Gasteiger partial charge in [0, 0.05) is 5.02 Å². The van der Waals surface area contributed by atoms with Gasteiger partial charge < -0.3 is 4.74 Å². The van der Waals surface area contributed by atoms with E-state index >= 15 is 0 Å². The van der Waals surface area contributed by atoms with E-state index < -0.39 is 16.0 Å². The second kappa shape index (κ2) is 9.01. The molecule has 0 bridgehead atoms. The Morgan fingerprint density at radius 3 is 2.52 bits per heavy atom. The van der Waals surface area contributed by atoms with Gasteiger partial charge in [0.15, 0.2) is 0 Å². The molecule has 0 saturated heterocycles. The maximum Gasteiger partial charge on any atom is 0.337 e. The lowest BCUT2D eigenvalue weighted by molar-refractivity contribution is 0.0600. The fourth-order valence-corrected chi connectivity index (χ4v) is 5.59. The maximum atomic E-state index is 13.0. The van der Waals surface area contributed by atoms with Crippen LogP contribution in [0.2, 0.25) is 5.02 Å². The van der Waals surface area contributed by atoms with E-state index in [4.69, 9.17) is 16.3 Å². The number of nitrogens with one attached hydrogen (secondary N) is 1. The molecule has 0 fully saturated rings. The highest BCUT2D eigenvalue weighted by atomic mass is 35.5. The number of benzene rings is 3. The summed E-state index contributed by atoms with van der Waals surface area (Å²) in [5, 5.41) is 0.607. The Hall–Kier alpha value is -3.14. The number of aromatic nitrogens is 1. The van der Waals surface area contributed by atoms with Crippen LogP contribution in [-0.4, -0.2) is 26.1 Å². The predicted molar refractivity (Wildman–Crippen MR) is 130 cm³/mol. The molecular weight excluding hydrogens is 484 g/mol. The van der Waals surface area contributed by atoms with Gasteiger partial charge in [0.1, 0.15) is 0 Å². The number of aryl methyl sites for hydroxylation is 1. The van der Waals surface area contributed by atoms with Crippen molar-refractivity contribution < 1.29 is 17.9 Å². The van der Waals surface area contributed by atoms with Crippen LogP contribution in [0, 0.1) is 6.92 Å². The van der Waals surface area contributed by atoms with Gasteiger partial charge >= 0.3 is 10.8 Å². The first kappa shape index (κ1) is 23.0. The van der Waals surface area contributed by atoms with Crippen molar-refractivity contribution in [2.45, 2.75) is 18.4 Å². The zero-order chi connectivity index (χ0) is 23.8. The number of ether oxygens (including phenoxy) is 1. The molecule has 0 amide bonds. The number of carbonyl (C=O) groups is 1. The molecule has 0 atom stereocenters. The Bertz CT molecular complexity index is 1520. The Kier molecular flexibility index (Phi) is 6.29. The van der Waals surface area contributed by atoms with Gasteiger partial charge in [-0.25, -0.2) is 13.2 Å². The van der Waals surface area contributed by atoms with Gasteiger partial charge in [0.05, 0.1) is 40.0 Å². The van der Waals surface area contributed by atoms with Crippen molar-refractivity contribution in [3.63, 3.8) is 0 Å². The molecule has 170 valence electrons. The first-order valence-corrected chi connectivity index (χ1v) is 12.5. The topological polar surface area (TPSA) is 94.5 Å². The van der Waals surface area contributed by atoms with E-state index in [9.17, 15) is 18.0 Å². The third-order valence-corrected chi connectivity index (χ3v) is 7.66. The highest BCUT2D eigenvalue weighted by molar-refractivity contribution is 7.92. The molecule has 0 radical (unpaired) electrons. The zero-order valence-corrected chi connectivity index (χ0v) is 20.1. The van der Waals surface area contributed by atoms with E-state index in [0.717, 1.165) is 16.9 Å². The number of fused-ring (bicyclic) bond motifs is 1. The van der Waals surface area contributed by atoms with Gasteiger partial charge in [-0.1, -0.05) is 41.1 Å². The van der Waals surface area contributed by atoms with E-state index in [1.807, 2.05) is 12.1 Å². The number of nitrogens with zero attached hydrogens (tertiary/aromatic N) is 1. The molecular formula is C23H19ClN2O5S2. The number of methoxy groups -OCH3 is 1. The van der Waals surface area contributed by atoms with Gasteiger partial charge in [-0.05, 0) is 60.5 Å². The predicted octanol–water partition coefficient (Wildman–Crippen LogP) is 4.66. The van der Waals surface area contributed by atoms with Crippen LogP contribution in [0.25, 0.3) is 10.2 Å². The summed E-state index contributed by atoms with van der Waals surface area (Å²) in [4.78, 5) is 24.2. The quantitative estimate of drug-likeness (QED) is 0.387. The summed E-state index contributed by atoms with van der Waals surface area (Å²) in [5.74, 6) is -0.566. The monoisotopic (exact) mass is 502 g/mol. The van der Waals surface area contributed by atoms with Crippen molar-refractivity contribution in [2.24, 2.45) is 0 Å². The van der Waals surface area contributed by atoms with Crippen LogP contribution in [0.3, 0.4) is 0 Å². The van der Waals surface area contributed by atoms with Crippen LogP contribution in [0.4, 0.5) is 5.69 Å². The molecule has 0 spiro atoms. The number of rotatable bonds is 6. The molecule has 1 N–H and O–H groups in total. The second-order valence-electron chi connectivity index (χ2n) is 7.34. The molecule has 10 heteroatoms. The molecule has 7 nitrogen and oxygen atoms in total. The molecule has 0 unspecified atom stereocenters. The van der Waals surface area contributed by atoms with E-state index in [1.54, 1.807) is 41.8 Å². The number of hydrogen-bond acceptors (Lipinski definition) is 6. The molecule has 4 aromatic rings. The van der Waals surface area contributed by atoms with Crippen molar-refractivity contribution in [3.8, 4) is 0 Å². The second-order valence-corrected chi connectivity index (χ2v) is 10.4. The van der Waals surface area contributed by atoms with Crippen molar-refractivity contribution in [1.29, 1.82) is 0 Å². The minimum absolute atomic E-state index is 0.0118. The Labute approximate surface area is 199 Å². The average Bonchev–Trinajstić information content (AvgIpc) is 3.10. The van der Waals surface area contributed by atoms with Gasteiger partial charge in [-0.3, -0.25) is 14.1 Å². The van der Waals surface area contributed by atoms with Crippen molar-refractivity contribution in [2.75, 3.05) is 11.8 Å². The van der Waals surface area contributed by atoms with Gasteiger partial charge in [-0.15, -0.1) is 0 Å². The number of thiazole rings is 1. The highest BCUT2D eigenvalue weighted by Gasteiger charge is 2.19. The lowest BCUT2D eigenvalue weighted by atomic mass is 10.1. The fraction of sp³-hybridized carbons (Fsp3) is 0.130. The maximum absolute atomic E-state index is 13.0. The number of esters is 1. The van der Waals surface area contributed by atoms with Crippen molar-refractivity contribution in [1.82, 2.24) is 4.57 Å². The largest absolute Gasteiger partial charge is 0.465 e. The van der Waals surface area contributed by atoms with E-state index in [-0.39, 0.29) is 21.0 Å². The third-order valence-electron chi connectivity index (χ3n) is 5.11. The van der Waals surface area contributed by atoms with Crippen LogP contribution in [0.5, 0.6) is 0 Å². The summed E-state index contributed by atoms with van der Waals surface area (Å²) in [6.07, 6.45) is 0. The molecule has 0 aliphatic heterocycles. The van der Waals surface area contributed by atoms with Crippen LogP contribution in [-0.2, 0) is 21.3 Å². The fourth-order valence-electron chi connectivity index (χ4n) is 3.32. The van der Waals surface area contributed by atoms with E-state index in [2.05, 4.69) is 4.72 Å². The molecule has 0 aliphatic rings. The van der Waals surface area contributed by atoms with Crippen LogP contribution in [0.1, 0.15) is 21.5 Å². The number of anilines is 1. The Balaban J connectivity index is 1.67. The van der Waals surface area contributed by atoms with Crippen LogP contribution < -0.4 is 9.60 Å². The first-order chi connectivity index (χ1) is 15.7. The molecule has 1 aromatic heterocycles. The van der Waals surface area contributed by atoms with Gasteiger partial charge in [0.2, 0.25) is 0 Å². The number of halogens is 1. The summed E-state index contributed by atoms with van der Waals surface area (Å²) in [5.41, 5.74) is 2.69. The minimum atomic E-state index is -3.97. The van der Waals surface area contributed by atoms with Crippen LogP contribution in [0.15, 0.2) is 70.4 Å². The molecule has 1 heterocycles. The SMILES string of the molecule is COC(=O)c1ccc(C)c(NS(=O)(=O)c2ccc3c(c2)sc(=O)n3Cc2ccc(Cl)cc2)c1. The summed E-state index contributed by atoms with van der Waals surface area (Å²) in [6.45, 7) is 2.07. The molecule has 4 rings (SSSR count). The van der Waals surface area contributed by atoms with Gasteiger partial charge in [-0.2, -0.15) is 0 Å². The summed E-state index contributed by atoms with van der Waals surface area (Å²) >= 11 is 6.91. The van der Waals surface area contributed by atoms with Crippen molar-refractivity contribution in [3.05, 3.63) is 92.0 Å². The number of sulfonamides is 1. The summed E-state index contributed by atoms with van der Waals surface area (Å²) < 4.78 is 35.5. The highest BCUT2D eigenvalue weighted by Crippen LogP contribution is 2.26. The van der Waals surface area contributed by atoms with Crippen molar-refractivity contribution >= 4 is 54.8 Å². The number of hydrogen-bond donors (Lipinski definition) is 1. The van der Waals surface area contributed by atoms with E-state index in [1.165, 1.54) is 25.3 Å². The third kappa shape index (κ3) is 4.80. The summed E-state index contributed by atoms with van der Waals surface area (Å²) in [6, 6.07) is 16.4. The molecule has 0 saturated carbocycles.